The Hall–Kier alpha value is -3.72. The second-order valence-electron chi connectivity index (χ2n) is 9.57. The van der Waals surface area contributed by atoms with Gasteiger partial charge in [0.15, 0.2) is 0 Å². The fourth-order valence-electron chi connectivity index (χ4n) is 4.93. The first-order chi connectivity index (χ1) is 17.4. The third-order valence-electron chi connectivity index (χ3n) is 6.89. The van der Waals surface area contributed by atoms with Gasteiger partial charge in [-0.05, 0) is 38.1 Å². The number of para-hydroxylation sites is 2. The molecule has 1 saturated heterocycles. The van der Waals surface area contributed by atoms with Crippen LogP contribution in [0.15, 0.2) is 48.7 Å². The van der Waals surface area contributed by atoms with Crippen LogP contribution in [0.4, 0.5) is 5.69 Å². The Labute approximate surface area is 211 Å². The minimum Gasteiger partial charge on any atom is -0.497 e. The lowest BCUT2D eigenvalue weighted by molar-refractivity contribution is -0.122. The number of carbonyl (C=O) groups is 1. The number of anilines is 1. The van der Waals surface area contributed by atoms with Crippen LogP contribution in [0.2, 0.25) is 0 Å². The summed E-state index contributed by atoms with van der Waals surface area (Å²) in [5.74, 6) is 2.33. The fourth-order valence-corrected chi connectivity index (χ4v) is 4.93. The molecule has 0 spiro atoms. The quantitative estimate of drug-likeness (QED) is 0.544. The number of aromatic nitrogens is 2. The van der Waals surface area contributed by atoms with Gasteiger partial charge < -0.3 is 24.4 Å². The molecule has 1 N–H and O–H groups in total. The Kier molecular flexibility index (Phi) is 6.49. The summed E-state index contributed by atoms with van der Waals surface area (Å²) < 4.78 is 19.0. The van der Waals surface area contributed by atoms with Crippen LogP contribution in [0.1, 0.15) is 19.4 Å². The highest BCUT2D eigenvalue weighted by atomic mass is 16.5. The molecule has 5 rings (SSSR count). The van der Waals surface area contributed by atoms with E-state index in [4.69, 9.17) is 14.2 Å². The number of hydrogen-bond donors (Lipinski definition) is 1. The summed E-state index contributed by atoms with van der Waals surface area (Å²) in [6.45, 7) is 7.98. The van der Waals surface area contributed by atoms with Gasteiger partial charge in [-0.25, -0.2) is 4.68 Å². The van der Waals surface area contributed by atoms with Gasteiger partial charge in [-0.3, -0.25) is 9.69 Å². The zero-order valence-electron chi connectivity index (χ0n) is 21.3. The summed E-state index contributed by atoms with van der Waals surface area (Å²) in [5.41, 5.74) is 3.43. The summed E-state index contributed by atoms with van der Waals surface area (Å²) in [6.07, 6.45) is 1.83. The molecule has 1 fully saturated rings. The van der Waals surface area contributed by atoms with Crippen molar-refractivity contribution in [1.82, 2.24) is 20.0 Å². The molecular weight excluding hydrogens is 458 g/mol. The Morgan fingerprint density at radius 1 is 1.08 bits per heavy atom. The number of methoxy groups -OCH3 is 2. The predicted molar refractivity (Wildman–Crippen MR) is 138 cm³/mol. The zero-order chi connectivity index (χ0) is 25.3. The number of ether oxygens (including phenoxy) is 3. The van der Waals surface area contributed by atoms with Crippen molar-refractivity contribution in [3.05, 3.63) is 54.2 Å². The van der Waals surface area contributed by atoms with E-state index >= 15 is 0 Å². The number of amides is 1. The summed E-state index contributed by atoms with van der Waals surface area (Å²) >= 11 is 0. The molecule has 1 aromatic heterocycles. The number of benzene rings is 2. The molecule has 0 bridgehead atoms. The minimum absolute atomic E-state index is 0.0220. The van der Waals surface area contributed by atoms with Gasteiger partial charge in [0.25, 0.3) is 0 Å². The second-order valence-corrected chi connectivity index (χ2v) is 9.57. The van der Waals surface area contributed by atoms with Gasteiger partial charge in [-0.15, -0.1) is 0 Å². The normalized spacial score (nSPS) is 16.5. The second kappa shape index (κ2) is 9.73. The van der Waals surface area contributed by atoms with Crippen LogP contribution in [0.25, 0.3) is 11.3 Å². The molecule has 3 heterocycles. The molecule has 2 aliphatic heterocycles. The molecule has 2 aliphatic rings. The Balaban J connectivity index is 1.21. The number of fused-ring (bicyclic) bond motifs is 3. The van der Waals surface area contributed by atoms with Gasteiger partial charge in [0.2, 0.25) is 5.91 Å². The third-order valence-corrected chi connectivity index (χ3v) is 6.89. The minimum atomic E-state index is -0.544. The van der Waals surface area contributed by atoms with Crippen molar-refractivity contribution in [3.63, 3.8) is 0 Å². The molecule has 1 amide bonds. The maximum absolute atomic E-state index is 12.8. The zero-order valence-corrected chi connectivity index (χ0v) is 21.3. The summed E-state index contributed by atoms with van der Waals surface area (Å²) in [5, 5.41) is 7.62. The van der Waals surface area contributed by atoms with Crippen LogP contribution in [-0.4, -0.2) is 67.5 Å². The van der Waals surface area contributed by atoms with Gasteiger partial charge in [0.05, 0.1) is 38.3 Å². The lowest BCUT2D eigenvalue weighted by atomic mass is 9.91. The number of hydrogen-bond acceptors (Lipinski definition) is 7. The topological polar surface area (TPSA) is 81.1 Å². The molecule has 0 unspecified atom stereocenters. The van der Waals surface area contributed by atoms with Crippen LogP contribution < -0.4 is 24.4 Å². The summed E-state index contributed by atoms with van der Waals surface area (Å²) in [7, 11) is 3.33. The van der Waals surface area contributed by atoms with Crippen LogP contribution in [0.5, 0.6) is 17.2 Å². The summed E-state index contributed by atoms with van der Waals surface area (Å²) in [4.78, 5) is 17.3. The molecular formula is C27H33N5O4. The molecule has 3 aromatic rings. The maximum atomic E-state index is 12.8. The van der Waals surface area contributed by atoms with E-state index in [1.165, 1.54) is 0 Å². The number of carbonyl (C=O) groups excluding carboxylic acids is 1. The molecule has 36 heavy (non-hydrogen) atoms. The van der Waals surface area contributed by atoms with E-state index in [2.05, 4.69) is 26.3 Å². The van der Waals surface area contributed by atoms with Gasteiger partial charge in [-0.2, -0.15) is 5.10 Å². The van der Waals surface area contributed by atoms with E-state index in [0.717, 1.165) is 65.9 Å². The van der Waals surface area contributed by atoms with Crippen molar-refractivity contribution in [1.29, 1.82) is 0 Å². The van der Waals surface area contributed by atoms with Crippen molar-refractivity contribution in [2.45, 2.75) is 26.1 Å². The average Bonchev–Trinajstić information content (AvgIpc) is 3.33. The highest BCUT2D eigenvalue weighted by Gasteiger charge is 2.36. The first-order valence-corrected chi connectivity index (χ1v) is 12.2. The van der Waals surface area contributed by atoms with Crippen molar-refractivity contribution in [2.75, 3.05) is 51.8 Å². The SMILES string of the molecule is COc1ccc2c(c1)OC(C)(C)c1cnn(CNC(=O)CN3CCN(c4ccccc4OC)CC3)c1-2. The predicted octanol–water partition coefficient (Wildman–Crippen LogP) is 3.09. The number of nitrogens with zero attached hydrogens (tertiary/aromatic N) is 4. The standard InChI is InChI=1S/C27H33N5O4/c1-27(2)21-16-29-32(26(21)20-10-9-19(34-3)15-24(20)36-27)18-28-25(33)17-30-11-13-31(14-12-30)22-7-5-6-8-23(22)35-4/h5-10,15-16H,11-14,17-18H2,1-4H3,(H,28,33). The Morgan fingerprint density at radius 3 is 2.61 bits per heavy atom. The van der Waals surface area contributed by atoms with Crippen molar-refractivity contribution in [3.8, 4) is 28.5 Å². The molecule has 0 aliphatic carbocycles. The highest BCUT2D eigenvalue weighted by molar-refractivity contribution is 5.78. The largest absolute Gasteiger partial charge is 0.497 e. The van der Waals surface area contributed by atoms with Crippen molar-refractivity contribution in [2.24, 2.45) is 0 Å². The fraction of sp³-hybridized carbons (Fsp3) is 0.407. The summed E-state index contributed by atoms with van der Waals surface area (Å²) in [6, 6.07) is 13.8. The van der Waals surface area contributed by atoms with E-state index in [1.807, 2.05) is 61.1 Å². The lowest BCUT2D eigenvalue weighted by Gasteiger charge is -2.36. The number of rotatable bonds is 7. The Bertz CT molecular complexity index is 1250. The molecule has 0 radical (unpaired) electrons. The number of nitrogens with one attached hydrogen (secondary N) is 1. The van der Waals surface area contributed by atoms with E-state index in [1.54, 1.807) is 14.2 Å². The van der Waals surface area contributed by atoms with E-state index in [0.29, 0.717) is 6.54 Å². The Morgan fingerprint density at radius 2 is 1.86 bits per heavy atom. The lowest BCUT2D eigenvalue weighted by Crippen LogP contribution is -2.49. The van der Waals surface area contributed by atoms with Crippen LogP contribution in [0, 0.1) is 0 Å². The molecule has 9 heteroatoms. The van der Waals surface area contributed by atoms with Gasteiger partial charge >= 0.3 is 0 Å². The van der Waals surface area contributed by atoms with Gasteiger partial charge in [0, 0.05) is 43.4 Å². The van der Waals surface area contributed by atoms with Gasteiger partial charge in [0.1, 0.15) is 29.5 Å². The highest BCUT2D eigenvalue weighted by Crippen LogP contribution is 2.46. The van der Waals surface area contributed by atoms with Gasteiger partial charge in [-0.1, -0.05) is 12.1 Å². The number of piperazine rings is 1. The van der Waals surface area contributed by atoms with Crippen LogP contribution >= 0.6 is 0 Å². The maximum Gasteiger partial charge on any atom is 0.235 e. The van der Waals surface area contributed by atoms with E-state index < -0.39 is 5.60 Å². The van der Waals surface area contributed by atoms with Crippen molar-refractivity contribution < 1.29 is 19.0 Å². The monoisotopic (exact) mass is 491 g/mol. The van der Waals surface area contributed by atoms with Crippen LogP contribution in [-0.2, 0) is 17.1 Å². The van der Waals surface area contributed by atoms with E-state index in [9.17, 15) is 4.79 Å². The first-order valence-electron chi connectivity index (χ1n) is 12.2. The smallest absolute Gasteiger partial charge is 0.235 e. The molecule has 0 atom stereocenters. The molecule has 2 aromatic carbocycles. The molecule has 190 valence electrons. The van der Waals surface area contributed by atoms with Crippen molar-refractivity contribution >= 4 is 11.6 Å². The van der Waals surface area contributed by atoms with E-state index in [-0.39, 0.29) is 12.6 Å². The molecule has 9 nitrogen and oxygen atoms in total. The van der Waals surface area contributed by atoms with Crippen LogP contribution in [0.3, 0.4) is 0 Å². The first kappa shape index (κ1) is 24.0. The molecule has 0 saturated carbocycles. The third kappa shape index (κ3) is 4.58. The average molecular weight is 492 g/mol.